The van der Waals surface area contributed by atoms with Crippen LogP contribution in [0.1, 0.15) is 23.0 Å². The molecule has 0 aliphatic heterocycles. The molecule has 0 fully saturated rings. The number of benzene rings is 1. The van der Waals surface area contributed by atoms with E-state index in [2.05, 4.69) is 15.8 Å². The van der Waals surface area contributed by atoms with E-state index in [0.717, 1.165) is 0 Å². The van der Waals surface area contributed by atoms with Crippen molar-refractivity contribution in [3.8, 4) is 5.88 Å². The maximum Gasteiger partial charge on any atom is 0.262 e. The second-order valence-electron chi connectivity index (χ2n) is 4.55. The third-order valence-corrected chi connectivity index (χ3v) is 2.70. The number of hydrogen-bond donors (Lipinski definition) is 2. The molecule has 0 unspecified atom stereocenters. The van der Waals surface area contributed by atoms with Gasteiger partial charge >= 0.3 is 0 Å². The normalized spacial score (nSPS) is 10.1. The molecule has 1 heterocycles. The van der Waals surface area contributed by atoms with Crippen LogP contribution in [0.5, 0.6) is 5.88 Å². The first kappa shape index (κ1) is 15.6. The van der Waals surface area contributed by atoms with Crippen LogP contribution >= 0.6 is 0 Å². The highest BCUT2D eigenvalue weighted by molar-refractivity contribution is 5.97. The SMILES string of the molecule is CCNC(=O)c1cccc(NC(=O)COc2cc(C)on2)c1. The number of aromatic nitrogens is 1. The predicted molar refractivity (Wildman–Crippen MR) is 79.8 cm³/mol. The van der Waals surface area contributed by atoms with Gasteiger partial charge in [0.1, 0.15) is 5.76 Å². The van der Waals surface area contributed by atoms with Crippen LogP contribution in [0.15, 0.2) is 34.9 Å². The molecule has 0 radical (unpaired) electrons. The van der Waals surface area contributed by atoms with Gasteiger partial charge in [0.25, 0.3) is 17.7 Å². The summed E-state index contributed by atoms with van der Waals surface area (Å²) in [6.07, 6.45) is 0. The number of anilines is 1. The fourth-order valence-electron chi connectivity index (χ4n) is 1.75. The standard InChI is InChI=1S/C15H17N3O4/c1-3-16-15(20)11-5-4-6-12(8-11)17-13(19)9-21-14-7-10(2)22-18-14/h4-8H,3,9H2,1-2H3,(H,16,20)(H,17,19). The van der Waals surface area contributed by atoms with Gasteiger partial charge in [0, 0.05) is 23.9 Å². The lowest BCUT2D eigenvalue weighted by molar-refractivity contribution is -0.118. The van der Waals surface area contributed by atoms with E-state index >= 15 is 0 Å². The van der Waals surface area contributed by atoms with Gasteiger partial charge in [-0.1, -0.05) is 6.07 Å². The van der Waals surface area contributed by atoms with Crippen molar-refractivity contribution in [3.63, 3.8) is 0 Å². The molecule has 1 aromatic carbocycles. The number of amides is 2. The number of ether oxygens (including phenoxy) is 1. The van der Waals surface area contributed by atoms with Crippen LogP contribution in [0.3, 0.4) is 0 Å². The Morgan fingerprint density at radius 3 is 2.82 bits per heavy atom. The zero-order chi connectivity index (χ0) is 15.9. The van der Waals surface area contributed by atoms with Gasteiger partial charge in [0.05, 0.1) is 0 Å². The Morgan fingerprint density at radius 2 is 2.14 bits per heavy atom. The summed E-state index contributed by atoms with van der Waals surface area (Å²) in [6, 6.07) is 8.25. The summed E-state index contributed by atoms with van der Waals surface area (Å²) in [6.45, 7) is 3.91. The average molecular weight is 303 g/mol. The lowest BCUT2D eigenvalue weighted by Crippen LogP contribution is -2.23. The highest BCUT2D eigenvalue weighted by Crippen LogP contribution is 2.12. The van der Waals surface area contributed by atoms with Gasteiger partial charge in [0.2, 0.25) is 0 Å². The van der Waals surface area contributed by atoms with Crippen molar-refractivity contribution >= 4 is 17.5 Å². The second-order valence-corrected chi connectivity index (χ2v) is 4.55. The zero-order valence-electron chi connectivity index (χ0n) is 12.4. The van der Waals surface area contributed by atoms with E-state index in [9.17, 15) is 9.59 Å². The van der Waals surface area contributed by atoms with Crippen LogP contribution in [-0.4, -0.2) is 30.1 Å². The molecule has 0 saturated heterocycles. The molecule has 2 aromatic rings. The molecule has 2 N–H and O–H groups in total. The Bertz CT molecular complexity index is 666. The molecule has 22 heavy (non-hydrogen) atoms. The molecule has 0 atom stereocenters. The van der Waals surface area contributed by atoms with Gasteiger partial charge in [-0.2, -0.15) is 0 Å². The van der Waals surface area contributed by atoms with Crippen LogP contribution in [0.4, 0.5) is 5.69 Å². The van der Waals surface area contributed by atoms with E-state index in [-0.39, 0.29) is 24.3 Å². The van der Waals surface area contributed by atoms with Gasteiger partial charge in [0.15, 0.2) is 6.61 Å². The maximum absolute atomic E-state index is 11.8. The number of hydrogen-bond acceptors (Lipinski definition) is 5. The van der Waals surface area contributed by atoms with Gasteiger partial charge in [-0.25, -0.2) is 0 Å². The van der Waals surface area contributed by atoms with Crippen LogP contribution in [-0.2, 0) is 4.79 Å². The van der Waals surface area contributed by atoms with Crippen molar-refractivity contribution in [1.29, 1.82) is 0 Å². The van der Waals surface area contributed by atoms with E-state index in [0.29, 0.717) is 23.6 Å². The molecular weight excluding hydrogens is 286 g/mol. The number of carbonyl (C=O) groups excluding carboxylic acids is 2. The Kier molecular flexibility index (Phi) is 5.13. The third-order valence-electron chi connectivity index (χ3n) is 2.70. The topological polar surface area (TPSA) is 93.5 Å². The van der Waals surface area contributed by atoms with E-state index in [1.807, 2.05) is 6.92 Å². The highest BCUT2D eigenvalue weighted by atomic mass is 16.5. The first-order valence-corrected chi connectivity index (χ1v) is 6.82. The molecular formula is C15H17N3O4. The third kappa shape index (κ3) is 4.34. The largest absolute Gasteiger partial charge is 0.465 e. The summed E-state index contributed by atoms with van der Waals surface area (Å²) in [7, 11) is 0. The molecule has 7 heteroatoms. The number of aryl methyl sites for hydroxylation is 1. The number of nitrogens with one attached hydrogen (secondary N) is 2. The number of nitrogens with zero attached hydrogens (tertiary/aromatic N) is 1. The summed E-state index contributed by atoms with van der Waals surface area (Å²) in [5, 5.41) is 8.97. The smallest absolute Gasteiger partial charge is 0.262 e. The Labute approximate surface area is 127 Å². The molecule has 0 saturated carbocycles. The predicted octanol–water partition coefficient (Wildman–Crippen LogP) is 1.75. The van der Waals surface area contributed by atoms with Crippen molar-refractivity contribution in [2.24, 2.45) is 0 Å². The van der Waals surface area contributed by atoms with Crippen molar-refractivity contribution in [1.82, 2.24) is 10.5 Å². The van der Waals surface area contributed by atoms with E-state index < -0.39 is 0 Å². The first-order valence-electron chi connectivity index (χ1n) is 6.82. The summed E-state index contributed by atoms with van der Waals surface area (Å²) >= 11 is 0. The Balaban J connectivity index is 1.91. The van der Waals surface area contributed by atoms with Gasteiger partial charge in [-0.05, 0) is 37.2 Å². The van der Waals surface area contributed by atoms with Gasteiger partial charge in [-0.15, -0.1) is 0 Å². The zero-order valence-corrected chi connectivity index (χ0v) is 12.4. The monoisotopic (exact) mass is 303 g/mol. The fourth-order valence-corrected chi connectivity index (χ4v) is 1.75. The summed E-state index contributed by atoms with van der Waals surface area (Å²) in [4.78, 5) is 23.5. The minimum atomic E-state index is -0.353. The molecule has 0 aliphatic rings. The van der Waals surface area contributed by atoms with Gasteiger partial charge < -0.3 is 19.9 Å². The van der Waals surface area contributed by atoms with Crippen LogP contribution in [0, 0.1) is 6.92 Å². The second kappa shape index (κ2) is 7.26. The van der Waals surface area contributed by atoms with Crippen LogP contribution in [0.25, 0.3) is 0 Å². The lowest BCUT2D eigenvalue weighted by Gasteiger charge is -2.07. The van der Waals surface area contributed by atoms with Crippen LogP contribution < -0.4 is 15.4 Å². The Morgan fingerprint density at radius 1 is 1.32 bits per heavy atom. The number of carbonyl (C=O) groups is 2. The van der Waals surface area contributed by atoms with Crippen molar-refractivity contribution in [2.75, 3.05) is 18.5 Å². The van der Waals surface area contributed by atoms with E-state index in [1.54, 1.807) is 37.3 Å². The molecule has 0 bridgehead atoms. The maximum atomic E-state index is 11.8. The average Bonchev–Trinajstić information content (AvgIpc) is 2.91. The minimum absolute atomic E-state index is 0.187. The van der Waals surface area contributed by atoms with Gasteiger partial charge in [-0.3, -0.25) is 9.59 Å². The molecule has 2 amide bonds. The molecule has 116 valence electrons. The van der Waals surface area contributed by atoms with E-state index in [4.69, 9.17) is 9.26 Å². The molecule has 2 rings (SSSR count). The molecule has 0 spiro atoms. The molecule has 7 nitrogen and oxygen atoms in total. The van der Waals surface area contributed by atoms with Crippen molar-refractivity contribution in [2.45, 2.75) is 13.8 Å². The summed E-state index contributed by atoms with van der Waals surface area (Å²) in [5.74, 6) is 0.315. The van der Waals surface area contributed by atoms with Crippen molar-refractivity contribution in [3.05, 3.63) is 41.7 Å². The van der Waals surface area contributed by atoms with Crippen LogP contribution in [0.2, 0.25) is 0 Å². The van der Waals surface area contributed by atoms with E-state index in [1.165, 1.54) is 0 Å². The summed E-state index contributed by atoms with van der Waals surface area (Å²) in [5.41, 5.74) is 1.00. The number of rotatable bonds is 6. The van der Waals surface area contributed by atoms with Crippen molar-refractivity contribution < 1.29 is 18.8 Å². The Hall–Kier alpha value is -2.83. The first-order chi connectivity index (χ1) is 10.6. The lowest BCUT2D eigenvalue weighted by atomic mass is 10.2. The summed E-state index contributed by atoms with van der Waals surface area (Å²) < 4.78 is 10.0. The quantitative estimate of drug-likeness (QED) is 0.848. The highest BCUT2D eigenvalue weighted by Gasteiger charge is 2.09. The minimum Gasteiger partial charge on any atom is -0.465 e. The fraction of sp³-hybridized carbons (Fsp3) is 0.267. The molecule has 0 aliphatic carbocycles. The molecule has 1 aromatic heterocycles.